The standard InChI is InChI=1S/C13H14N2OS/c1-9-4-5-11(13(14)15)12(7-9)16-8-10-3-2-6-17-10/h2-7H,8H2,1H3,(H3,14,15). The molecule has 0 amide bonds. The average Bonchev–Trinajstić information content (AvgIpc) is 2.78. The van der Waals surface area contributed by atoms with Crippen molar-refractivity contribution in [3.05, 3.63) is 51.7 Å². The van der Waals surface area contributed by atoms with Crippen molar-refractivity contribution in [2.75, 3.05) is 0 Å². The van der Waals surface area contributed by atoms with Gasteiger partial charge in [-0.25, -0.2) is 0 Å². The van der Waals surface area contributed by atoms with Crippen LogP contribution in [0.2, 0.25) is 0 Å². The molecule has 2 rings (SSSR count). The van der Waals surface area contributed by atoms with Crippen LogP contribution in [0, 0.1) is 12.3 Å². The van der Waals surface area contributed by atoms with Crippen molar-refractivity contribution < 1.29 is 4.74 Å². The van der Waals surface area contributed by atoms with Crippen LogP contribution in [0.3, 0.4) is 0 Å². The molecule has 17 heavy (non-hydrogen) atoms. The van der Waals surface area contributed by atoms with Crippen LogP contribution < -0.4 is 10.5 Å². The van der Waals surface area contributed by atoms with Gasteiger partial charge in [0.25, 0.3) is 0 Å². The number of nitrogens with two attached hydrogens (primary N) is 1. The minimum Gasteiger partial charge on any atom is -0.487 e. The smallest absolute Gasteiger partial charge is 0.131 e. The largest absolute Gasteiger partial charge is 0.487 e. The Morgan fingerprint density at radius 3 is 2.88 bits per heavy atom. The normalized spacial score (nSPS) is 10.2. The van der Waals surface area contributed by atoms with E-state index in [-0.39, 0.29) is 5.84 Å². The van der Waals surface area contributed by atoms with E-state index in [0.29, 0.717) is 17.9 Å². The number of aryl methyl sites for hydroxylation is 1. The Kier molecular flexibility index (Phi) is 3.44. The van der Waals surface area contributed by atoms with Gasteiger partial charge in [-0.3, -0.25) is 5.41 Å². The highest BCUT2D eigenvalue weighted by atomic mass is 32.1. The van der Waals surface area contributed by atoms with Crippen LogP contribution in [0.1, 0.15) is 16.0 Å². The van der Waals surface area contributed by atoms with Crippen molar-refractivity contribution >= 4 is 17.2 Å². The second-order valence-corrected chi connectivity index (χ2v) is 4.81. The monoisotopic (exact) mass is 246 g/mol. The molecule has 0 spiro atoms. The zero-order chi connectivity index (χ0) is 12.3. The summed E-state index contributed by atoms with van der Waals surface area (Å²) in [7, 11) is 0. The number of thiophene rings is 1. The molecule has 3 N–H and O–H groups in total. The lowest BCUT2D eigenvalue weighted by Gasteiger charge is -2.10. The lowest BCUT2D eigenvalue weighted by Crippen LogP contribution is -2.13. The number of nitrogens with one attached hydrogen (secondary N) is 1. The van der Waals surface area contributed by atoms with Crippen LogP contribution in [0.15, 0.2) is 35.7 Å². The van der Waals surface area contributed by atoms with Crippen LogP contribution in [-0.2, 0) is 6.61 Å². The van der Waals surface area contributed by atoms with Crippen molar-refractivity contribution in [1.82, 2.24) is 0 Å². The topological polar surface area (TPSA) is 59.1 Å². The molecule has 0 unspecified atom stereocenters. The molecule has 0 saturated carbocycles. The van der Waals surface area contributed by atoms with Crippen LogP contribution in [0.25, 0.3) is 0 Å². The number of hydrogen-bond donors (Lipinski definition) is 2. The van der Waals surface area contributed by atoms with Crippen molar-refractivity contribution in [2.24, 2.45) is 5.73 Å². The van der Waals surface area contributed by atoms with Gasteiger partial charge < -0.3 is 10.5 Å². The molecular formula is C13H14N2OS. The van der Waals surface area contributed by atoms with E-state index in [2.05, 4.69) is 0 Å². The predicted molar refractivity (Wildman–Crippen MR) is 70.8 cm³/mol. The number of rotatable bonds is 4. The van der Waals surface area contributed by atoms with Gasteiger partial charge in [-0.1, -0.05) is 12.1 Å². The van der Waals surface area contributed by atoms with Gasteiger partial charge >= 0.3 is 0 Å². The van der Waals surface area contributed by atoms with Crippen molar-refractivity contribution in [2.45, 2.75) is 13.5 Å². The molecular weight excluding hydrogens is 232 g/mol. The molecule has 1 aromatic carbocycles. The van der Waals surface area contributed by atoms with E-state index >= 15 is 0 Å². The Labute approximate surface area is 104 Å². The summed E-state index contributed by atoms with van der Waals surface area (Å²) in [5, 5.41) is 9.51. The summed E-state index contributed by atoms with van der Waals surface area (Å²) in [5.74, 6) is 0.706. The second-order valence-electron chi connectivity index (χ2n) is 3.78. The summed E-state index contributed by atoms with van der Waals surface area (Å²) in [6.45, 7) is 2.50. The fraction of sp³-hybridized carbons (Fsp3) is 0.154. The van der Waals surface area contributed by atoms with Gasteiger partial charge in [-0.15, -0.1) is 11.3 Å². The quantitative estimate of drug-likeness (QED) is 0.643. The molecule has 3 nitrogen and oxygen atoms in total. The summed E-state index contributed by atoms with van der Waals surface area (Å²) < 4.78 is 5.71. The van der Waals surface area contributed by atoms with E-state index in [4.69, 9.17) is 15.9 Å². The van der Waals surface area contributed by atoms with E-state index < -0.39 is 0 Å². The molecule has 0 aliphatic heterocycles. The first kappa shape index (κ1) is 11.7. The van der Waals surface area contributed by atoms with Crippen LogP contribution in [0.4, 0.5) is 0 Å². The third kappa shape index (κ3) is 2.85. The van der Waals surface area contributed by atoms with Gasteiger partial charge in [0.1, 0.15) is 18.2 Å². The first-order chi connectivity index (χ1) is 8.16. The SMILES string of the molecule is Cc1ccc(C(=N)N)c(OCc2cccs2)c1. The highest BCUT2D eigenvalue weighted by Gasteiger charge is 2.07. The molecule has 0 radical (unpaired) electrons. The number of nitrogen functional groups attached to an aromatic ring is 1. The molecule has 88 valence electrons. The molecule has 0 aliphatic carbocycles. The van der Waals surface area contributed by atoms with Crippen molar-refractivity contribution in [3.63, 3.8) is 0 Å². The third-order valence-corrected chi connectivity index (χ3v) is 3.23. The molecule has 1 aromatic heterocycles. The molecule has 0 aliphatic rings. The second kappa shape index (κ2) is 5.01. The van der Waals surface area contributed by atoms with Crippen LogP contribution in [0.5, 0.6) is 5.75 Å². The van der Waals surface area contributed by atoms with Gasteiger partial charge in [-0.2, -0.15) is 0 Å². The maximum atomic E-state index is 7.50. The number of ether oxygens (including phenoxy) is 1. The molecule has 2 aromatic rings. The van der Waals surface area contributed by atoms with Gasteiger partial charge in [0, 0.05) is 4.88 Å². The maximum absolute atomic E-state index is 7.50. The van der Waals surface area contributed by atoms with Gasteiger partial charge in [0.2, 0.25) is 0 Å². The number of benzene rings is 1. The number of hydrogen-bond acceptors (Lipinski definition) is 3. The third-order valence-electron chi connectivity index (χ3n) is 2.38. The lowest BCUT2D eigenvalue weighted by atomic mass is 10.1. The van der Waals surface area contributed by atoms with Crippen LogP contribution in [-0.4, -0.2) is 5.84 Å². The first-order valence-corrected chi connectivity index (χ1v) is 6.15. The molecule has 0 fully saturated rings. The molecule has 1 heterocycles. The zero-order valence-corrected chi connectivity index (χ0v) is 10.4. The van der Waals surface area contributed by atoms with E-state index in [1.807, 2.05) is 42.6 Å². The summed E-state index contributed by atoms with van der Waals surface area (Å²) in [6.07, 6.45) is 0. The van der Waals surface area contributed by atoms with Crippen molar-refractivity contribution in [3.8, 4) is 5.75 Å². The van der Waals surface area contributed by atoms with Crippen LogP contribution >= 0.6 is 11.3 Å². The minimum absolute atomic E-state index is 0.0335. The lowest BCUT2D eigenvalue weighted by molar-refractivity contribution is 0.309. The molecule has 0 bridgehead atoms. The first-order valence-electron chi connectivity index (χ1n) is 5.27. The fourth-order valence-electron chi connectivity index (χ4n) is 1.52. The number of amidine groups is 1. The average molecular weight is 246 g/mol. The Hall–Kier alpha value is -1.81. The maximum Gasteiger partial charge on any atom is 0.131 e. The summed E-state index contributed by atoms with van der Waals surface area (Å²) >= 11 is 1.65. The van der Waals surface area contributed by atoms with E-state index in [9.17, 15) is 0 Å². The summed E-state index contributed by atoms with van der Waals surface area (Å²) in [4.78, 5) is 1.15. The van der Waals surface area contributed by atoms with E-state index in [0.717, 1.165) is 10.4 Å². The Bertz CT molecular complexity index is 520. The van der Waals surface area contributed by atoms with E-state index in [1.54, 1.807) is 11.3 Å². The molecule has 0 saturated heterocycles. The van der Waals surface area contributed by atoms with Gasteiger partial charge in [0.15, 0.2) is 0 Å². The Morgan fingerprint density at radius 1 is 1.41 bits per heavy atom. The van der Waals surface area contributed by atoms with Gasteiger partial charge in [-0.05, 0) is 36.1 Å². The Morgan fingerprint density at radius 2 is 2.24 bits per heavy atom. The zero-order valence-electron chi connectivity index (χ0n) is 9.57. The minimum atomic E-state index is 0.0335. The molecule has 4 heteroatoms. The van der Waals surface area contributed by atoms with E-state index in [1.165, 1.54) is 0 Å². The highest BCUT2D eigenvalue weighted by molar-refractivity contribution is 7.09. The predicted octanol–water partition coefficient (Wildman–Crippen LogP) is 2.92. The van der Waals surface area contributed by atoms with Crippen molar-refractivity contribution in [1.29, 1.82) is 5.41 Å². The highest BCUT2D eigenvalue weighted by Crippen LogP contribution is 2.22. The summed E-state index contributed by atoms with van der Waals surface area (Å²) in [6, 6.07) is 9.67. The summed E-state index contributed by atoms with van der Waals surface area (Å²) in [5.41, 5.74) is 7.26. The Balaban J connectivity index is 2.19. The molecule has 0 atom stereocenters. The fourth-order valence-corrected chi connectivity index (χ4v) is 2.13. The van der Waals surface area contributed by atoms with Gasteiger partial charge in [0.05, 0.1) is 5.56 Å².